The first kappa shape index (κ1) is 17.5. The standard InChI is InChI=1S/C22H28N2O/c1-14(25)24-19-12-15(21(2,3)4)8-10-17(19)23-18-11-9-16(13-20(18)24)22(5,6)7/h8-13,23H,1-7H3. The van der Waals surface area contributed by atoms with Gasteiger partial charge in [0.1, 0.15) is 0 Å². The molecule has 0 atom stereocenters. The van der Waals surface area contributed by atoms with Crippen LogP contribution in [0, 0.1) is 0 Å². The molecule has 0 fully saturated rings. The number of rotatable bonds is 0. The van der Waals surface area contributed by atoms with Gasteiger partial charge in [0.2, 0.25) is 5.91 Å². The van der Waals surface area contributed by atoms with Crippen molar-refractivity contribution in [3.63, 3.8) is 0 Å². The molecule has 0 spiro atoms. The highest BCUT2D eigenvalue weighted by Gasteiger charge is 2.28. The minimum absolute atomic E-state index is 0.0288. The van der Waals surface area contributed by atoms with Gasteiger partial charge in [0.15, 0.2) is 0 Å². The Labute approximate surface area is 151 Å². The van der Waals surface area contributed by atoms with Crippen molar-refractivity contribution in [3.8, 4) is 0 Å². The first-order valence-electron chi connectivity index (χ1n) is 8.85. The smallest absolute Gasteiger partial charge is 0.228 e. The normalized spacial score (nSPS) is 13.8. The zero-order valence-electron chi connectivity index (χ0n) is 16.3. The summed E-state index contributed by atoms with van der Waals surface area (Å²) in [6.07, 6.45) is 0. The molecule has 1 N–H and O–H groups in total. The van der Waals surface area contributed by atoms with Gasteiger partial charge in [-0.2, -0.15) is 0 Å². The van der Waals surface area contributed by atoms with Gasteiger partial charge >= 0.3 is 0 Å². The molecule has 0 unspecified atom stereocenters. The maximum absolute atomic E-state index is 12.5. The Bertz CT molecular complexity index is 775. The van der Waals surface area contributed by atoms with E-state index in [0.717, 1.165) is 22.7 Å². The highest BCUT2D eigenvalue weighted by molar-refractivity contribution is 6.08. The van der Waals surface area contributed by atoms with Crippen LogP contribution in [0.15, 0.2) is 36.4 Å². The van der Waals surface area contributed by atoms with Crippen LogP contribution in [0.5, 0.6) is 0 Å². The van der Waals surface area contributed by atoms with Crippen molar-refractivity contribution >= 4 is 28.7 Å². The summed E-state index contributed by atoms with van der Waals surface area (Å²) in [5.74, 6) is 0.0288. The Morgan fingerprint density at radius 2 is 1.20 bits per heavy atom. The zero-order valence-corrected chi connectivity index (χ0v) is 16.3. The van der Waals surface area contributed by atoms with E-state index in [2.05, 4.69) is 83.3 Å². The number of benzene rings is 2. The van der Waals surface area contributed by atoms with Gasteiger partial charge in [-0.15, -0.1) is 0 Å². The Morgan fingerprint density at radius 1 is 0.800 bits per heavy atom. The molecule has 1 amide bonds. The molecule has 25 heavy (non-hydrogen) atoms. The number of hydrogen-bond acceptors (Lipinski definition) is 2. The Balaban J connectivity index is 2.20. The van der Waals surface area contributed by atoms with Gasteiger partial charge in [-0.3, -0.25) is 9.69 Å². The summed E-state index contributed by atoms with van der Waals surface area (Å²) >= 11 is 0. The number of fused-ring (bicyclic) bond motifs is 2. The SMILES string of the molecule is CC(=O)N1c2cc(C(C)(C)C)ccc2Nc2ccc(C(C)(C)C)cc21. The first-order chi connectivity index (χ1) is 11.5. The van der Waals surface area contributed by atoms with Crippen LogP contribution >= 0.6 is 0 Å². The summed E-state index contributed by atoms with van der Waals surface area (Å²) < 4.78 is 0. The maximum atomic E-state index is 12.5. The van der Waals surface area contributed by atoms with Gasteiger partial charge in [0.25, 0.3) is 0 Å². The van der Waals surface area contributed by atoms with E-state index in [0.29, 0.717) is 0 Å². The molecule has 2 aromatic rings. The summed E-state index contributed by atoms with van der Waals surface area (Å²) in [4.78, 5) is 14.4. The lowest BCUT2D eigenvalue weighted by atomic mass is 9.85. The third kappa shape index (κ3) is 3.15. The molecule has 1 aliphatic rings. The molecule has 3 heteroatoms. The fourth-order valence-electron chi connectivity index (χ4n) is 3.19. The average Bonchev–Trinajstić information content (AvgIpc) is 2.49. The largest absolute Gasteiger partial charge is 0.352 e. The molecular weight excluding hydrogens is 308 g/mol. The lowest BCUT2D eigenvalue weighted by Gasteiger charge is -2.34. The molecule has 132 valence electrons. The van der Waals surface area contributed by atoms with Crippen LogP contribution in [0.25, 0.3) is 0 Å². The summed E-state index contributed by atoms with van der Waals surface area (Å²) in [6.45, 7) is 14.8. The van der Waals surface area contributed by atoms with E-state index in [1.807, 2.05) is 4.90 Å². The number of carbonyl (C=O) groups is 1. The third-order valence-electron chi connectivity index (χ3n) is 4.79. The van der Waals surface area contributed by atoms with Gasteiger partial charge < -0.3 is 5.32 Å². The molecule has 0 saturated carbocycles. The van der Waals surface area contributed by atoms with E-state index >= 15 is 0 Å². The van der Waals surface area contributed by atoms with Crippen LogP contribution in [0.1, 0.15) is 59.6 Å². The van der Waals surface area contributed by atoms with Crippen molar-refractivity contribution < 1.29 is 4.79 Å². The molecule has 0 saturated heterocycles. The van der Waals surface area contributed by atoms with Crippen LogP contribution in [-0.4, -0.2) is 5.91 Å². The molecular formula is C22H28N2O. The maximum Gasteiger partial charge on any atom is 0.228 e. The fraction of sp³-hybridized carbons (Fsp3) is 0.409. The molecule has 0 aromatic heterocycles. The number of nitrogens with zero attached hydrogens (tertiary/aromatic N) is 1. The van der Waals surface area contributed by atoms with Gasteiger partial charge in [-0.1, -0.05) is 53.7 Å². The van der Waals surface area contributed by atoms with Crippen molar-refractivity contribution in [3.05, 3.63) is 47.5 Å². The number of carbonyl (C=O) groups excluding carboxylic acids is 1. The minimum Gasteiger partial charge on any atom is -0.352 e. The van der Waals surface area contributed by atoms with E-state index in [9.17, 15) is 4.79 Å². The second-order valence-corrected chi connectivity index (χ2v) is 8.94. The second kappa shape index (κ2) is 5.62. The lowest BCUT2D eigenvalue weighted by Crippen LogP contribution is -2.28. The van der Waals surface area contributed by atoms with Crippen molar-refractivity contribution in [2.24, 2.45) is 0 Å². The number of hydrogen-bond donors (Lipinski definition) is 1. The number of anilines is 4. The van der Waals surface area contributed by atoms with E-state index in [1.165, 1.54) is 11.1 Å². The van der Waals surface area contributed by atoms with Gasteiger partial charge in [-0.25, -0.2) is 0 Å². The summed E-state index contributed by atoms with van der Waals surface area (Å²) in [5.41, 5.74) is 6.30. The fourth-order valence-corrected chi connectivity index (χ4v) is 3.19. The predicted molar refractivity (Wildman–Crippen MR) is 106 cm³/mol. The molecule has 1 aliphatic heterocycles. The zero-order chi connectivity index (χ0) is 18.6. The van der Waals surface area contributed by atoms with Crippen LogP contribution in [-0.2, 0) is 15.6 Å². The second-order valence-electron chi connectivity index (χ2n) is 8.94. The van der Waals surface area contributed by atoms with Crippen LogP contribution in [0.2, 0.25) is 0 Å². The first-order valence-corrected chi connectivity index (χ1v) is 8.85. The van der Waals surface area contributed by atoms with Crippen molar-refractivity contribution in [2.75, 3.05) is 10.2 Å². The predicted octanol–water partition coefficient (Wildman–Crippen LogP) is 6.02. The van der Waals surface area contributed by atoms with Crippen LogP contribution in [0.3, 0.4) is 0 Å². The number of amides is 1. The molecule has 0 aliphatic carbocycles. The Morgan fingerprint density at radius 3 is 1.52 bits per heavy atom. The monoisotopic (exact) mass is 336 g/mol. The molecule has 1 heterocycles. The van der Waals surface area contributed by atoms with Crippen molar-refractivity contribution in [1.29, 1.82) is 0 Å². The van der Waals surface area contributed by atoms with E-state index < -0.39 is 0 Å². The van der Waals surface area contributed by atoms with Crippen molar-refractivity contribution in [1.82, 2.24) is 0 Å². The minimum atomic E-state index is 0.0288. The molecule has 2 aromatic carbocycles. The molecule has 0 radical (unpaired) electrons. The van der Waals surface area contributed by atoms with E-state index in [1.54, 1.807) is 6.92 Å². The number of nitrogens with one attached hydrogen (secondary N) is 1. The third-order valence-corrected chi connectivity index (χ3v) is 4.79. The van der Waals surface area contributed by atoms with Gasteiger partial charge in [0.05, 0.1) is 22.7 Å². The average molecular weight is 336 g/mol. The summed E-state index contributed by atoms with van der Waals surface area (Å²) in [6, 6.07) is 12.7. The summed E-state index contributed by atoms with van der Waals surface area (Å²) in [5, 5.41) is 3.49. The highest BCUT2D eigenvalue weighted by atomic mass is 16.2. The quantitative estimate of drug-likeness (QED) is 0.637. The highest BCUT2D eigenvalue weighted by Crippen LogP contribution is 2.46. The van der Waals surface area contributed by atoms with E-state index in [4.69, 9.17) is 0 Å². The molecule has 0 bridgehead atoms. The van der Waals surface area contributed by atoms with Crippen molar-refractivity contribution in [2.45, 2.75) is 59.3 Å². The Kier molecular flexibility index (Phi) is 3.94. The lowest BCUT2D eigenvalue weighted by molar-refractivity contribution is -0.115. The van der Waals surface area contributed by atoms with E-state index in [-0.39, 0.29) is 16.7 Å². The summed E-state index contributed by atoms with van der Waals surface area (Å²) in [7, 11) is 0. The van der Waals surface area contributed by atoms with Crippen LogP contribution < -0.4 is 10.2 Å². The molecule has 3 rings (SSSR count). The Hall–Kier alpha value is -2.29. The van der Waals surface area contributed by atoms with Gasteiger partial charge in [0, 0.05) is 6.92 Å². The van der Waals surface area contributed by atoms with Gasteiger partial charge in [-0.05, 0) is 46.2 Å². The molecule has 3 nitrogen and oxygen atoms in total. The van der Waals surface area contributed by atoms with Crippen LogP contribution in [0.4, 0.5) is 22.7 Å². The topological polar surface area (TPSA) is 32.3 Å².